The summed E-state index contributed by atoms with van der Waals surface area (Å²) >= 11 is 0. The second-order valence-electron chi connectivity index (χ2n) is 7.11. The van der Waals surface area contributed by atoms with Gasteiger partial charge in [0.1, 0.15) is 11.5 Å². The van der Waals surface area contributed by atoms with E-state index >= 15 is 0 Å². The number of nitrogens with one attached hydrogen (secondary N) is 2. The lowest BCUT2D eigenvalue weighted by Gasteiger charge is -2.31. The Labute approximate surface area is 170 Å². The number of anilines is 2. The smallest absolute Gasteiger partial charge is 0.409 e. The molecule has 0 radical (unpaired) electrons. The number of ether oxygens (including phenoxy) is 1. The van der Waals surface area contributed by atoms with Crippen molar-refractivity contribution in [3.63, 3.8) is 0 Å². The van der Waals surface area contributed by atoms with Gasteiger partial charge in [-0.2, -0.15) is 0 Å². The highest BCUT2D eigenvalue weighted by molar-refractivity contribution is 5.92. The standard InChI is InChI=1S/C21H27N5O3/c1-4-29-21(28)26-10-8-16(9-11-26)24-20(27)17-12-23-18(13-22-17)25-19-14(2)6-5-7-15(19)3/h5-7,12-13,16H,4,8-11H2,1-3H3,(H,23,25)(H,24,27). The van der Waals surface area contributed by atoms with Crippen molar-refractivity contribution in [3.05, 3.63) is 47.4 Å². The van der Waals surface area contributed by atoms with Crippen LogP contribution in [0.3, 0.4) is 0 Å². The minimum Gasteiger partial charge on any atom is -0.450 e. The normalized spacial score (nSPS) is 14.4. The van der Waals surface area contributed by atoms with Crippen molar-refractivity contribution < 1.29 is 14.3 Å². The minimum atomic E-state index is -0.296. The first-order valence-corrected chi connectivity index (χ1v) is 9.85. The Balaban J connectivity index is 1.54. The first-order chi connectivity index (χ1) is 14.0. The molecular weight excluding hydrogens is 370 g/mol. The second-order valence-corrected chi connectivity index (χ2v) is 7.11. The lowest BCUT2D eigenvalue weighted by atomic mass is 10.1. The van der Waals surface area contributed by atoms with E-state index in [-0.39, 0.29) is 23.7 Å². The van der Waals surface area contributed by atoms with Crippen LogP contribution in [0.5, 0.6) is 0 Å². The second kappa shape index (κ2) is 9.36. The summed E-state index contributed by atoms with van der Waals surface area (Å²) in [6.45, 7) is 7.33. The topological polar surface area (TPSA) is 96.5 Å². The zero-order chi connectivity index (χ0) is 20.8. The fraction of sp³-hybridized carbons (Fsp3) is 0.429. The van der Waals surface area contributed by atoms with Crippen LogP contribution in [0.2, 0.25) is 0 Å². The van der Waals surface area contributed by atoms with E-state index in [9.17, 15) is 9.59 Å². The summed E-state index contributed by atoms with van der Waals surface area (Å²) in [5.74, 6) is 0.326. The van der Waals surface area contributed by atoms with E-state index in [2.05, 4.69) is 20.6 Å². The molecule has 2 heterocycles. The first kappa shape index (κ1) is 20.6. The lowest BCUT2D eigenvalue weighted by Crippen LogP contribution is -2.46. The lowest BCUT2D eigenvalue weighted by molar-refractivity contribution is 0.0856. The van der Waals surface area contributed by atoms with Gasteiger partial charge in [0.25, 0.3) is 5.91 Å². The van der Waals surface area contributed by atoms with Crippen LogP contribution >= 0.6 is 0 Å². The molecule has 8 heteroatoms. The number of carbonyl (C=O) groups excluding carboxylic acids is 2. The molecule has 1 aromatic heterocycles. The molecule has 2 aromatic rings. The summed E-state index contributed by atoms with van der Waals surface area (Å²) in [5, 5.41) is 6.23. The molecule has 0 saturated carbocycles. The number of piperidine rings is 1. The molecule has 1 fully saturated rings. The van der Waals surface area contributed by atoms with E-state index in [1.165, 1.54) is 6.20 Å². The molecule has 1 aliphatic rings. The molecule has 8 nitrogen and oxygen atoms in total. The Kier molecular flexibility index (Phi) is 6.64. The molecule has 1 saturated heterocycles. The van der Waals surface area contributed by atoms with Gasteiger partial charge in [-0.3, -0.25) is 4.79 Å². The molecule has 0 bridgehead atoms. The van der Waals surface area contributed by atoms with Crippen LogP contribution in [0, 0.1) is 13.8 Å². The van der Waals surface area contributed by atoms with Gasteiger partial charge in [0.15, 0.2) is 0 Å². The van der Waals surface area contributed by atoms with Crippen molar-refractivity contribution >= 4 is 23.5 Å². The average Bonchev–Trinajstić information content (AvgIpc) is 2.72. The number of aryl methyl sites for hydroxylation is 2. The zero-order valence-corrected chi connectivity index (χ0v) is 17.1. The van der Waals surface area contributed by atoms with Gasteiger partial charge in [0.2, 0.25) is 0 Å². The maximum Gasteiger partial charge on any atom is 0.409 e. The number of para-hydroxylation sites is 1. The summed E-state index contributed by atoms with van der Waals surface area (Å²) < 4.78 is 5.01. The molecule has 0 unspecified atom stereocenters. The van der Waals surface area contributed by atoms with Crippen molar-refractivity contribution in [1.82, 2.24) is 20.2 Å². The third kappa shape index (κ3) is 5.22. The molecule has 0 aliphatic carbocycles. The number of hydrogen-bond acceptors (Lipinski definition) is 6. The number of benzene rings is 1. The molecule has 2 amide bonds. The molecule has 0 atom stereocenters. The van der Waals surface area contributed by atoms with Crippen LogP contribution < -0.4 is 10.6 Å². The number of amides is 2. The Morgan fingerprint density at radius 1 is 1.14 bits per heavy atom. The Morgan fingerprint density at radius 2 is 1.83 bits per heavy atom. The van der Waals surface area contributed by atoms with E-state index in [1.807, 2.05) is 32.0 Å². The van der Waals surface area contributed by atoms with E-state index in [0.29, 0.717) is 38.4 Å². The van der Waals surface area contributed by atoms with E-state index in [4.69, 9.17) is 4.74 Å². The van der Waals surface area contributed by atoms with Crippen molar-refractivity contribution in [2.45, 2.75) is 39.7 Å². The van der Waals surface area contributed by atoms with Crippen molar-refractivity contribution in [3.8, 4) is 0 Å². The Bertz CT molecular complexity index is 841. The molecule has 29 heavy (non-hydrogen) atoms. The first-order valence-electron chi connectivity index (χ1n) is 9.85. The molecule has 154 valence electrons. The maximum atomic E-state index is 12.5. The third-order valence-corrected chi connectivity index (χ3v) is 4.97. The highest BCUT2D eigenvalue weighted by Gasteiger charge is 2.25. The van der Waals surface area contributed by atoms with E-state index in [0.717, 1.165) is 16.8 Å². The van der Waals surface area contributed by atoms with Crippen LogP contribution in [-0.4, -0.2) is 52.6 Å². The van der Waals surface area contributed by atoms with Gasteiger partial charge in [-0.1, -0.05) is 18.2 Å². The Hall–Kier alpha value is -3.16. The van der Waals surface area contributed by atoms with Gasteiger partial charge in [-0.15, -0.1) is 0 Å². The summed E-state index contributed by atoms with van der Waals surface area (Å²) in [6, 6.07) is 6.06. The minimum absolute atomic E-state index is 0.00222. The van der Waals surface area contributed by atoms with E-state index in [1.54, 1.807) is 18.0 Å². The number of carbonyl (C=O) groups is 2. The van der Waals surface area contributed by atoms with Crippen LogP contribution in [0.4, 0.5) is 16.3 Å². The zero-order valence-electron chi connectivity index (χ0n) is 17.1. The van der Waals surface area contributed by atoms with Crippen molar-refractivity contribution in [1.29, 1.82) is 0 Å². The predicted molar refractivity (Wildman–Crippen MR) is 110 cm³/mol. The number of likely N-dealkylation sites (tertiary alicyclic amines) is 1. The third-order valence-electron chi connectivity index (χ3n) is 4.97. The fourth-order valence-electron chi connectivity index (χ4n) is 3.33. The largest absolute Gasteiger partial charge is 0.450 e. The van der Waals surface area contributed by atoms with Crippen LogP contribution in [0.1, 0.15) is 41.4 Å². The molecule has 3 rings (SSSR count). The van der Waals surface area contributed by atoms with Gasteiger partial charge >= 0.3 is 6.09 Å². The molecule has 1 aliphatic heterocycles. The maximum absolute atomic E-state index is 12.5. The van der Waals surface area contributed by atoms with Crippen LogP contribution in [0.25, 0.3) is 0 Å². The predicted octanol–water partition coefficient (Wildman–Crippen LogP) is 3.19. The van der Waals surface area contributed by atoms with E-state index < -0.39 is 0 Å². The quantitative estimate of drug-likeness (QED) is 0.804. The number of hydrogen-bond donors (Lipinski definition) is 2. The summed E-state index contributed by atoms with van der Waals surface area (Å²) in [4.78, 5) is 34.4. The van der Waals surface area contributed by atoms with Crippen LogP contribution in [-0.2, 0) is 4.74 Å². The summed E-state index contributed by atoms with van der Waals surface area (Å²) in [7, 11) is 0. The number of aromatic nitrogens is 2. The SMILES string of the molecule is CCOC(=O)N1CCC(NC(=O)c2cnc(Nc3c(C)cccc3C)cn2)CC1. The van der Waals surface area contributed by atoms with Gasteiger partial charge in [0, 0.05) is 24.8 Å². The molecular formula is C21H27N5O3. The molecule has 2 N–H and O–H groups in total. The summed E-state index contributed by atoms with van der Waals surface area (Å²) in [6.07, 6.45) is 4.10. The van der Waals surface area contributed by atoms with Gasteiger partial charge < -0.3 is 20.3 Å². The fourth-order valence-corrected chi connectivity index (χ4v) is 3.33. The average molecular weight is 397 g/mol. The van der Waals surface area contributed by atoms with Crippen LogP contribution in [0.15, 0.2) is 30.6 Å². The number of nitrogens with zero attached hydrogens (tertiary/aromatic N) is 3. The monoisotopic (exact) mass is 397 g/mol. The van der Waals surface area contributed by atoms with Crippen molar-refractivity contribution in [2.24, 2.45) is 0 Å². The number of rotatable bonds is 5. The van der Waals surface area contributed by atoms with Gasteiger partial charge in [0.05, 0.1) is 19.0 Å². The summed E-state index contributed by atoms with van der Waals surface area (Å²) in [5.41, 5.74) is 3.49. The van der Waals surface area contributed by atoms with Crippen molar-refractivity contribution in [2.75, 3.05) is 25.0 Å². The van der Waals surface area contributed by atoms with Gasteiger partial charge in [-0.25, -0.2) is 14.8 Å². The molecule has 1 aromatic carbocycles. The highest BCUT2D eigenvalue weighted by atomic mass is 16.6. The molecule has 0 spiro atoms. The van der Waals surface area contributed by atoms with Gasteiger partial charge in [-0.05, 0) is 44.7 Å². The highest BCUT2D eigenvalue weighted by Crippen LogP contribution is 2.22. The Morgan fingerprint density at radius 3 is 2.41 bits per heavy atom.